The molecule has 2 atom stereocenters. The van der Waals surface area contributed by atoms with Crippen LogP contribution in [-0.4, -0.2) is 30.4 Å². The Morgan fingerprint density at radius 2 is 1.77 bits per heavy atom. The van der Waals surface area contributed by atoms with Gasteiger partial charge in [-0.3, -0.25) is 9.59 Å². The standard InChI is InChI=1S/C24H27NO5/c1-14-19-12-16(6-11-20(19)25-22(14)27)21(26)13-29-23(28)15(2)30-18-9-7-17(8-10-18)24(3,4)5/h6-12,14-15H,13H2,1-5H3,(H,25,27)/t14-,15+/m1/s1. The van der Waals surface area contributed by atoms with Gasteiger partial charge in [0.2, 0.25) is 5.91 Å². The van der Waals surface area contributed by atoms with Crippen LogP contribution in [0.2, 0.25) is 0 Å². The van der Waals surface area contributed by atoms with Crippen LogP contribution >= 0.6 is 0 Å². The second-order valence-electron chi connectivity index (χ2n) is 8.58. The third-order valence-corrected chi connectivity index (χ3v) is 5.20. The van der Waals surface area contributed by atoms with Crippen molar-refractivity contribution in [1.29, 1.82) is 0 Å². The summed E-state index contributed by atoms with van der Waals surface area (Å²) >= 11 is 0. The molecule has 2 aromatic rings. The van der Waals surface area contributed by atoms with E-state index in [9.17, 15) is 14.4 Å². The summed E-state index contributed by atoms with van der Waals surface area (Å²) in [5, 5.41) is 2.76. The van der Waals surface area contributed by atoms with Crippen molar-refractivity contribution in [3.63, 3.8) is 0 Å². The molecule has 1 amide bonds. The van der Waals surface area contributed by atoms with Crippen molar-refractivity contribution >= 4 is 23.3 Å². The summed E-state index contributed by atoms with van der Waals surface area (Å²) in [6, 6.07) is 12.5. The van der Waals surface area contributed by atoms with Gasteiger partial charge in [0.1, 0.15) is 5.75 Å². The fourth-order valence-corrected chi connectivity index (χ4v) is 3.21. The van der Waals surface area contributed by atoms with Crippen LogP contribution in [0.4, 0.5) is 5.69 Å². The molecule has 1 aliphatic rings. The van der Waals surface area contributed by atoms with Gasteiger partial charge in [0.15, 0.2) is 18.5 Å². The molecule has 1 N–H and O–H groups in total. The molecule has 1 aliphatic heterocycles. The van der Waals surface area contributed by atoms with Gasteiger partial charge in [-0.15, -0.1) is 0 Å². The van der Waals surface area contributed by atoms with E-state index >= 15 is 0 Å². The first-order valence-corrected chi connectivity index (χ1v) is 9.98. The average Bonchev–Trinajstić information content (AvgIpc) is 2.98. The van der Waals surface area contributed by atoms with Gasteiger partial charge in [0.05, 0.1) is 5.92 Å². The van der Waals surface area contributed by atoms with Crippen LogP contribution in [0.3, 0.4) is 0 Å². The monoisotopic (exact) mass is 409 g/mol. The van der Waals surface area contributed by atoms with E-state index in [2.05, 4.69) is 26.1 Å². The number of Topliss-reactive ketones (excluding diaryl/α,β-unsaturated/α-hetero) is 1. The van der Waals surface area contributed by atoms with Crippen molar-refractivity contribution in [1.82, 2.24) is 0 Å². The smallest absolute Gasteiger partial charge is 0.347 e. The number of esters is 1. The first kappa shape index (κ1) is 21.6. The zero-order chi connectivity index (χ0) is 22.1. The van der Waals surface area contributed by atoms with E-state index in [-0.39, 0.29) is 29.6 Å². The summed E-state index contributed by atoms with van der Waals surface area (Å²) in [5.41, 5.74) is 3.07. The molecular weight excluding hydrogens is 382 g/mol. The van der Waals surface area contributed by atoms with Crippen LogP contribution in [0.1, 0.15) is 62.0 Å². The highest BCUT2D eigenvalue weighted by atomic mass is 16.6. The van der Waals surface area contributed by atoms with Gasteiger partial charge < -0.3 is 14.8 Å². The maximum atomic E-state index is 12.4. The number of hydrogen-bond acceptors (Lipinski definition) is 5. The molecule has 158 valence electrons. The Bertz CT molecular complexity index is 972. The van der Waals surface area contributed by atoms with E-state index in [1.54, 1.807) is 32.0 Å². The number of carbonyl (C=O) groups is 3. The Kier molecular flexibility index (Phi) is 5.97. The third-order valence-electron chi connectivity index (χ3n) is 5.20. The number of nitrogens with one attached hydrogen (secondary N) is 1. The normalized spacial score (nSPS) is 16.4. The molecule has 0 saturated carbocycles. The topological polar surface area (TPSA) is 81.7 Å². The summed E-state index contributed by atoms with van der Waals surface area (Å²) in [7, 11) is 0. The molecule has 0 unspecified atom stereocenters. The minimum Gasteiger partial charge on any atom is -0.479 e. The van der Waals surface area contributed by atoms with E-state index in [1.807, 2.05) is 24.3 Å². The number of rotatable bonds is 6. The maximum absolute atomic E-state index is 12.4. The van der Waals surface area contributed by atoms with Crippen molar-refractivity contribution < 1.29 is 23.9 Å². The molecule has 0 radical (unpaired) electrons. The number of amides is 1. The number of anilines is 1. The first-order valence-electron chi connectivity index (χ1n) is 9.98. The molecule has 6 nitrogen and oxygen atoms in total. The van der Waals surface area contributed by atoms with Crippen molar-refractivity contribution in [3.05, 3.63) is 59.2 Å². The highest BCUT2D eigenvalue weighted by molar-refractivity contribution is 6.05. The first-order chi connectivity index (χ1) is 14.1. The number of ether oxygens (including phenoxy) is 2. The summed E-state index contributed by atoms with van der Waals surface area (Å²) in [6.07, 6.45) is -0.847. The van der Waals surface area contributed by atoms with Crippen LogP contribution in [0.5, 0.6) is 5.75 Å². The number of ketones is 1. The minimum atomic E-state index is -0.847. The van der Waals surface area contributed by atoms with Crippen LogP contribution in [0.25, 0.3) is 0 Å². The number of fused-ring (bicyclic) bond motifs is 1. The van der Waals surface area contributed by atoms with Crippen molar-refractivity contribution in [2.75, 3.05) is 11.9 Å². The maximum Gasteiger partial charge on any atom is 0.347 e. The summed E-state index contributed by atoms with van der Waals surface area (Å²) in [6.45, 7) is 9.34. The second kappa shape index (κ2) is 8.30. The minimum absolute atomic E-state index is 0.0299. The van der Waals surface area contributed by atoms with Crippen molar-refractivity contribution in [3.8, 4) is 5.75 Å². The van der Waals surface area contributed by atoms with E-state index in [0.717, 1.165) is 11.1 Å². The molecule has 6 heteroatoms. The van der Waals surface area contributed by atoms with Gasteiger partial charge in [-0.05, 0) is 60.7 Å². The zero-order valence-electron chi connectivity index (χ0n) is 17.9. The Morgan fingerprint density at radius 3 is 2.40 bits per heavy atom. The predicted molar refractivity (Wildman–Crippen MR) is 114 cm³/mol. The van der Waals surface area contributed by atoms with Crippen LogP contribution < -0.4 is 10.1 Å². The Morgan fingerprint density at radius 1 is 1.10 bits per heavy atom. The SMILES string of the molecule is C[C@H](Oc1ccc(C(C)(C)C)cc1)C(=O)OCC(=O)c1ccc2c(c1)[C@@H](C)C(=O)N2. The number of benzene rings is 2. The molecule has 30 heavy (non-hydrogen) atoms. The lowest BCUT2D eigenvalue weighted by Gasteiger charge is -2.20. The Labute approximate surface area is 176 Å². The molecule has 0 saturated heterocycles. The summed E-state index contributed by atoms with van der Waals surface area (Å²) in [4.78, 5) is 36.4. The molecule has 2 aromatic carbocycles. The largest absolute Gasteiger partial charge is 0.479 e. The van der Waals surface area contributed by atoms with E-state index in [0.29, 0.717) is 17.0 Å². The highest BCUT2D eigenvalue weighted by Crippen LogP contribution is 2.32. The molecule has 0 fully saturated rings. The van der Waals surface area contributed by atoms with Gasteiger partial charge >= 0.3 is 5.97 Å². The third kappa shape index (κ3) is 4.70. The summed E-state index contributed by atoms with van der Waals surface area (Å²) in [5.74, 6) is -0.798. The van der Waals surface area contributed by atoms with E-state index in [1.165, 1.54) is 0 Å². The lowest BCUT2D eigenvalue weighted by molar-refractivity contribution is -0.149. The van der Waals surface area contributed by atoms with Gasteiger partial charge in [-0.25, -0.2) is 4.79 Å². The molecule has 0 bridgehead atoms. The van der Waals surface area contributed by atoms with Gasteiger partial charge in [-0.2, -0.15) is 0 Å². The molecule has 0 aromatic heterocycles. The molecule has 1 heterocycles. The summed E-state index contributed by atoms with van der Waals surface area (Å²) < 4.78 is 10.8. The molecule has 0 aliphatic carbocycles. The predicted octanol–water partition coefficient (Wildman–Crippen LogP) is 4.23. The lowest BCUT2D eigenvalue weighted by atomic mass is 9.87. The van der Waals surface area contributed by atoms with E-state index in [4.69, 9.17) is 9.47 Å². The van der Waals surface area contributed by atoms with Crippen LogP contribution in [0, 0.1) is 0 Å². The average molecular weight is 409 g/mol. The van der Waals surface area contributed by atoms with Gasteiger partial charge in [0, 0.05) is 11.3 Å². The quantitative estimate of drug-likeness (QED) is 0.570. The highest BCUT2D eigenvalue weighted by Gasteiger charge is 2.27. The number of hydrogen-bond donors (Lipinski definition) is 1. The molecule has 0 spiro atoms. The zero-order valence-corrected chi connectivity index (χ0v) is 17.9. The van der Waals surface area contributed by atoms with Crippen LogP contribution in [-0.2, 0) is 19.7 Å². The van der Waals surface area contributed by atoms with Gasteiger partial charge in [0.25, 0.3) is 0 Å². The lowest BCUT2D eigenvalue weighted by Crippen LogP contribution is -2.28. The molecule has 3 rings (SSSR count). The Hall–Kier alpha value is -3.15. The fourth-order valence-electron chi connectivity index (χ4n) is 3.21. The second-order valence-corrected chi connectivity index (χ2v) is 8.58. The van der Waals surface area contributed by atoms with Crippen molar-refractivity contribution in [2.24, 2.45) is 0 Å². The van der Waals surface area contributed by atoms with E-state index < -0.39 is 12.1 Å². The molecular formula is C24H27NO5. The van der Waals surface area contributed by atoms with Gasteiger partial charge in [-0.1, -0.05) is 32.9 Å². The van der Waals surface area contributed by atoms with Crippen LogP contribution in [0.15, 0.2) is 42.5 Å². The fraction of sp³-hybridized carbons (Fsp3) is 0.375. The van der Waals surface area contributed by atoms with Crippen molar-refractivity contribution in [2.45, 2.75) is 52.1 Å². The number of carbonyl (C=O) groups excluding carboxylic acids is 3. The Balaban J connectivity index is 1.55.